The highest BCUT2D eigenvalue weighted by Crippen LogP contribution is 2.32. The van der Waals surface area contributed by atoms with Gasteiger partial charge in [0.15, 0.2) is 0 Å². The van der Waals surface area contributed by atoms with Gasteiger partial charge in [-0.2, -0.15) is 0 Å². The molecule has 0 spiro atoms. The molecular weight excluding hydrogens is 379 g/mol. The van der Waals surface area contributed by atoms with E-state index in [0.29, 0.717) is 22.6 Å². The van der Waals surface area contributed by atoms with Crippen LogP contribution < -0.4 is 10.1 Å². The minimum absolute atomic E-state index is 0.238. The fourth-order valence-corrected chi connectivity index (χ4v) is 3.33. The highest BCUT2D eigenvalue weighted by molar-refractivity contribution is 5.96. The van der Waals surface area contributed by atoms with Crippen LogP contribution in [-0.2, 0) is 6.54 Å². The Morgan fingerprint density at radius 3 is 2.67 bits per heavy atom. The summed E-state index contributed by atoms with van der Waals surface area (Å²) in [7, 11) is 0. The van der Waals surface area contributed by atoms with Crippen molar-refractivity contribution in [2.75, 3.05) is 0 Å². The van der Waals surface area contributed by atoms with Crippen molar-refractivity contribution in [1.82, 2.24) is 10.3 Å². The number of nitrogens with zero attached hydrogens (tertiary/aromatic N) is 1. The Morgan fingerprint density at radius 2 is 1.83 bits per heavy atom. The van der Waals surface area contributed by atoms with E-state index in [1.807, 2.05) is 44.2 Å². The van der Waals surface area contributed by atoms with E-state index in [4.69, 9.17) is 4.74 Å². The molecule has 1 N–H and O–H groups in total. The van der Waals surface area contributed by atoms with Crippen LogP contribution in [0.5, 0.6) is 11.5 Å². The molecule has 4 aromatic rings. The van der Waals surface area contributed by atoms with Crippen molar-refractivity contribution >= 4 is 16.8 Å². The summed E-state index contributed by atoms with van der Waals surface area (Å²) >= 11 is 0. The van der Waals surface area contributed by atoms with Gasteiger partial charge in [-0.3, -0.25) is 9.78 Å². The van der Waals surface area contributed by atoms with E-state index in [2.05, 4.69) is 10.3 Å². The second kappa shape index (κ2) is 8.33. The number of aromatic nitrogens is 1. The van der Waals surface area contributed by atoms with Crippen LogP contribution in [0.1, 0.15) is 27.0 Å². The first-order valence-corrected chi connectivity index (χ1v) is 9.67. The van der Waals surface area contributed by atoms with Gasteiger partial charge in [0.05, 0.1) is 5.52 Å². The molecule has 0 saturated heterocycles. The number of amides is 1. The number of benzene rings is 3. The third-order valence-electron chi connectivity index (χ3n) is 4.95. The monoisotopic (exact) mass is 400 g/mol. The maximum atomic E-state index is 13.3. The lowest BCUT2D eigenvalue weighted by molar-refractivity contribution is 0.0950. The standard InChI is InChI=1S/C25H21FN2O2/c1-16-9-10-21-22(13-16)27-12-11-24(21)30-23-8-4-7-20(17(23)2)25(29)28-15-18-5-3-6-19(26)14-18/h3-14H,15H2,1-2H3,(H,28,29). The van der Waals surface area contributed by atoms with E-state index in [9.17, 15) is 9.18 Å². The van der Waals surface area contributed by atoms with Crippen LogP contribution in [0.4, 0.5) is 4.39 Å². The SMILES string of the molecule is Cc1ccc2c(Oc3cccc(C(=O)NCc4cccc(F)c4)c3C)ccnc2c1. The van der Waals surface area contributed by atoms with Crippen molar-refractivity contribution in [1.29, 1.82) is 0 Å². The Kier molecular flexibility index (Phi) is 5.44. The third-order valence-corrected chi connectivity index (χ3v) is 4.95. The van der Waals surface area contributed by atoms with Crippen LogP contribution in [0.2, 0.25) is 0 Å². The molecule has 3 aromatic carbocycles. The molecular formula is C25H21FN2O2. The fraction of sp³-hybridized carbons (Fsp3) is 0.120. The van der Waals surface area contributed by atoms with E-state index in [0.717, 1.165) is 22.0 Å². The van der Waals surface area contributed by atoms with Gasteiger partial charge in [-0.25, -0.2) is 4.39 Å². The molecule has 0 saturated carbocycles. The number of rotatable bonds is 5. The quantitative estimate of drug-likeness (QED) is 0.467. The summed E-state index contributed by atoms with van der Waals surface area (Å²) in [5.41, 5.74) is 3.92. The molecule has 0 unspecified atom stereocenters. The summed E-state index contributed by atoms with van der Waals surface area (Å²) in [6.45, 7) is 4.11. The van der Waals surface area contributed by atoms with Crippen LogP contribution in [0, 0.1) is 19.7 Å². The summed E-state index contributed by atoms with van der Waals surface area (Å²) < 4.78 is 19.5. The fourth-order valence-electron chi connectivity index (χ4n) is 3.33. The van der Waals surface area contributed by atoms with Gasteiger partial charge in [0, 0.05) is 29.3 Å². The molecule has 1 amide bonds. The number of carbonyl (C=O) groups excluding carboxylic acids is 1. The maximum Gasteiger partial charge on any atom is 0.251 e. The zero-order valence-corrected chi connectivity index (χ0v) is 16.8. The molecule has 1 heterocycles. The topological polar surface area (TPSA) is 51.2 Å². The van der Waals surface area contributed by atoms with Gasteiger partial charge in [0.2, 0.25) is 0 Å². The molecule has 0 aliphatic carbocycles. The molecule has 1 aromatic heterocycles. The van der Waals surface area contributed by atoms with E-state index >= 15 is 0 Å². The third kappa shape index (κ3) is 4.15. The largest absolute Gasteiger partial charge is 0.456 e. The first-order valence-electron chi connectivity index (χ1n) is 9.67. The number of ether oxygens (including phenoxy) is 1. The maximum absolute atomic E-state index is 13.3. The van der Waals surface area contributed by atoms with E-state index in [1.54, 1.807) is 30.5 Å². The normalized spacial score (nSPS) is 10.8. The van der Waals surface area contributed by atoms with Crippen molar-refractivity contribution in [3.63, 3.8) is 0 Å². The average Bonchev–Trinajstić information content (AvgIpc) is 2.73. The number of hydrogen-bond donors (Lipinski definition) is 1. The van der Waals surface area contributed by atoms with E-state index in [1.165, 1.54) is 12.1 Å². The first kappa shape index (κ1) is 19.6. The highest BCUT2D eigenvalue weighted by atomic mass is 19.1. The van der Waals surface area contributed by atoms with Crippen molar-refractivity contribution in [3.8, 4) is 11.5 Å². The minimum Gasteiger partial charge on any atom is -0.456 e. The van der Waals surface area contributed by atoms with E-state index in [-0.39, 0.29) is 18.3 Å². The Labute approximate surface area is 174 Å². The Morgan fingerprint density at radius 1 is 1.00 bits per heavy atom. The molecule has 30 heavy (non-hydrogen) atoms. The van der Waals surface area contributed by atoms with Crippen molar-refractivity contribution in [3.05, 3.63) is 101 Å². The Bertz CT molecular complexity index is 1240. The predicted molar refractivity (Wildman–Crippen MR) is 115 cm³/mol. The molecule has 4 rings (SSSR count). The number of carbonyl (C=O) groups is 1. The van der Waals surface area contributed by atoms with Gasteiger partial charge in [-0.15, -0.1) is 0 Å². The number of aryl methyl sites for hydroxylation is 1. The number of pyridine rings is 1. The Hall–Kier alpha value is -3.73. The van der Waals surface area contributed by atoms with E-state index < -0.39 is 0 Å². The number of hydrogen-bond acceptors (Lipinski definition) is 3. The van der Waals surface area contributed by atoms with Crippen LogP contribution in [0.3, 0.4) is 0 Å². The molecule has 0 bridgehead atoms. The highest BCUT2D eigenvalue weighted by Gasteiger charge is 2.14. The zero-order chi connectivity index (χ0) is 21.1. The van der Waals surface area contributed by atoms with Gasteiger partial charge in [0.25, 0.3) is 5.91 Å². The molecule has 150 valence electrons. The van der Waals surface area contributed by atoms with Crippen molar-refractivity contribution in [2.24, 2.45) is 0 Å². The van der Waals surface area contributed by atoms with Crippen molar-refractivity contribution in [2.45, 2.75) is 20.4 Å². The second-order valence-electron chi connectivity index (χ2n) is 7.17. The zero-order valence-electron chi connectivity index (χ0n) is 16.8. The first-order chi connectivity index (χ1) is 14.5. The second-order valence-corrected chi connectivity index (χ2v) is 7.17. The average molecular weight is 400 g/mol. The molecule has 5 heteroatoms. The van der Waals surface area contributed by atoms with Crippen LogP contribution in [-0.4, -0.2) is 10.9 Å². The van der Waals surface area contributed by atoms with Crippen LogP contribution in [0.15, 0.2) is 72.9 Å². The van der Waals surface area contributed by atoms with Gasteiger partial charge in [-0.05, 0) is 67.4 Å². The molecule has 0 aliphatic rings. The van der Waals surface area contributed by atoms with Gasteiger partial charge in [0.1, 0.15) is 17.3 Å². The molecule has 0 fully saturated rings. The summed E-state index contributed by atoms with van der Waals surface area (Å²) in [6, 6.07) is 19.4. The minimum atomic E-state index is -0.326. The summed E-state index contributed by atoms with van der Waals surface area (Å²) in [5, 5.41) is 3.75. The predicted octanol–water partition coefficient (Wildman–Crippen LogP) is 5.71. The number of nitrogens with one attached hydrogen (secondary N) is 1. The smallest absolute Gasteiger partial charge is 0.251 e. The lowest BCUT2D eigenvalue weighted by atomic mass is 10.1. The summed E-state index contributed by atoms with van der Waals surface area (Å²) in [5.74, 6) is 0.715. The summed E-state index contributed by atoms with van der Waals surface area (Å²) in [6.07, 6.45) is 1.71. The number of fused-ring (bicyclic) bond motifs is 1. The lowest BCUT2D eigenvalue weighted by Crippen LogP contribution is -2.23. The molecule has 0 radical (unpaired) electrons. The summed E-state index contributed by atoms with van der Waals surface area (Å²) in [4.78, 5) is 17.1. The van der Waals surface area contributed by atoms with Crippen molar-refractivity contribution < 1.29 is 13.9 Å². The lowest BCUT2D eigenvalue weighted by Gasteiger charge is -2.14. The van der Waals surface area contributed by atoms with Gasteiger partial charge >= 0.3 is 0 Å². The van der Waals surface area contributed by atoms with Crippen LogP contribution >= 0.6 is 0 Å². The number of halogens is 1. The van der Waals surface area contributed by atoms with Crippen LogP contribution in [0.25, 0.3) is 10.9 Å². The molecule has 0 aliphatic heterocycles. The van der Waals surface area contributed by atoms with Gasteiger partial charge in [-0.1, -0.05) is 24.3 Å². The molecule has 4 nitrogen and oxygen atoms in total. The molecule has 0 atom stereocenters. The van der Waals surface area contributed by atoms with Gasteiger partial charge < -0.3 is 10.1 Å². The Balaban J connectivity index is 1.57.